The molecule has 21 heavy (non-hydrogen) atoms. The fourth-order valence-corrected chi connectivity index (χ4v) is 5.51. The largest absolute Gasteiger partial charge is 0.318 e. The summed E-state index contributed by atoms with van der Waals surface area (Å²) in [6.07, 6.45) is 0.976. The van der Waals surface area contributed by atoms with Crippen molar-refractivity contribution in [2.45, 2.75) is 44.9 Å². The number of hydrogen-bond donors (Lipinski definition) is 1. The molecule has 1 amide bonds. The van der Waals surface area contributed by atoms with Crippen LogP contribution in [0.4, 0.5) is 0 Å². The Bertz CT molecular complexity index is 639. The third-order valence-electron chi connectivity index (χ3n) is 4.26. The molecule has 5 nitrogen and oxygen atoms in total. The topological polar surface area (TPSA) is 66.5 Å². The molecule has 7 heteroatoms. The number of hydrogen-bond acceptors (Lipinski definition) is 5. The number of thiophene rings is 1. The van der Waals surface area contributed by atoms with Crippen molar-refractivity contribution in [2.24, 2.45) is 0 Å². The number of sulfone groups is 1. The standard InChI is InChI=1S/C14H20N2O3S2/c1-9-3-4-12(20-9)13-15-10(2)14(17)16(13)11-5-7-21(18,19)8-6-11/h3-4,10-11,13,15H,5-8H2,1-2H3. The third-order valence-corrected chi connectivity index (χ3v) is 7.03. The van der Waals surface area contributed by atoms with Gasteiger partial charge in [0.25, 0.3) is 0 Å². The van der Waals surface area contributed by atoms with Crippen LogP contribution in [-0.4, -0.2) is 42.8 Å². The van der Waals surface area contributed by atoms with Crippen LogP contribution in [0, 0.1) is 6.92 Å². The number of aryl methyl sites for hydroxylation is 1. The smallest absolute Gasteiger partial charge is 0.241 e. The summed E-state index contributed by atoms with van der Waals surface area (Å²) < 4.78 is 23.2. The molecule has 1 aromatic rings. The van der Waals surface area contributed by atoms with E-state index >= 15 is 0 Å². The van der Waals surface area contributed by atoms with Gasteiger partial charge >= 0.3 is 0 Å². The van der Waals surface area contributed by atoms with Crippen molar-refractivity contribution >= 4 is 27.1 Å². The first-order valence-electron chi connectivity index (χ1n) is 7.22. The first-order chi connectivity index (χ1) is 9.87. The fraction of sp³-hybridized carbons (Fsp3) is 0.643. The van der Waals surface area contributed by atoms with Crippen LogP contribution in [0.25, 0.3) is 0 Å². The van der Waals surface area contributed by atoms with Gasteiger partial charge in [-0.3, -0.25) is 10.1 Å². The van der Waals surface area contributed by atoms with Gasteiger partial charge in [0.1, 0.15) is 16.0 Å². The van der Waals surface area contributed by atoms with E-state index in [1.165, 1.54) is 4.88 Å². The average molecular weight is 328 g/mol. The molecule has 3 rings (SSSR count). The summed E-state index contributed by atoms with van der Waals surface area (Å²) in [7, 11) is -2.91. The molecule has 0 saturated carbocycles. The summed E-state index contributed by atoms with van der Waals surface area (Å²) in [6, 6.07) is 3.91. The summed E-state index contributed by atoms with van der Waals surface area (Å²) >= 11 is 1.68. The van der Waals surface area contributed by atoms with Crippen LogP contribution in [0.1, 0.15) is 35.7 Å². The Morgan fingerprint density at radius 3 is 2.52 bits per heavy atom. The fourth-order valence-electron chi connectivity index (χ4n) is 3.11. The maximum absolute atomic E-state index is 12.5. The quantitative estimate of drug-likeness (QED) is 0.892. The molecule has 1 N–H and O–H groups in total. The number of rotatable bonds is 2. The minimum atomic E-state index is -2.91. The van der Waals surface area contributed by atoms with E-state index in [0.29, 0.717) is 12.8 Å². The van der Waals surface area contributed by atoms with Crippen LogP contribution in [0.3, 0.4) is 0 Å². The Labute approximate surface area is 129 Å². The molecule has 1 aromatic heterocycles. The Balaban J connectivity index is 1.85. The zero-order valence-electron chi connectivity index (χ0n) is 12.2. The molecule has 0 spiro atoms. The highest BCUT2D eigenvalue weighted by Crippen LogP contribution is 2.34. The predicted molar refractivity (Wildman–Crippen MR) is 82.9 cm³/mol. The van der Waals surface area contributed by atoms with Gasteiger partial charge in [0.2, 0.25) is 5.91 Å². The summed E-state index contributed by atoms with van der Waals surface area (Å²) in [5.41, 5.74) is 0. The Hall–Kier alpha value is -0.920. The lowest BCUT2D eigenvalue weighted by atomic mass is 10.1. The van der Waals surface area contributed by atoms with Crippen LogP contribution in [0.5, 0.6) is 0 Å². The van der Waals surface area contributed by atoms with Crippen molar-refractivity contribution in [1.29, 1.82) is 0 Å². The van der Waals surface area contributed by atoms with E-state index in [2.05, 4.69) is 17.4 Å². The minimum Gasteiger partial charge on any atom is -0.318 e. The van der Waals surface area contributed by atoms with Gasteiger partial charge < -0.3 is 4.90 Å². The molecule has 2 saturated heterocycles. The van der Waals surface area contributed by atoms with Crippen molar-refractivity contribution in [3.63, 3.8) is 0 Å². The van der Waals surface area contributed by atoms with E-state index in [1.54, 1.807) is 11.3 Å². The molecular formula is C14H20N2O3S2. The van der Waals surface area contributed by atoms with Crippen LogP contribution < -0.4 is 5.32 Å². The van der Waals surface area contributed by atoms with Gasteiger partial charge in [-0.15, -0.1) is 11.3 Å². The Kier molecular flexibility index (Phi) is 3.83. The monoisotopic (exact) mass is 328 g/mol. The van der Waals surface area contributed by atoms with Crippen molar-refractivity contribution in [1.82, 2.24) is 10.2 Å². The van der Waals surface area contributed by atoms with Crippen molar-refractivity contribution < 1.29 is 13.2 Å². The second-order valence-corrected chi connectivity index (χ2v) is 9.49. The molecule has 2 aliphatic rings. The summed E-state index contributed by atoms with van der Waals surface area (Å²) in [5.74, 6) is 0.452. The van der Waals surface area contributed by atoms with E-state index in [0.717, 1.165) is 4.88 Å². The average Bonchev–Trinajstić information content (AvgIpc) is 2.96. The van der Waals surface area contributed by atoms with Gasteiger partial charge in [0.15, 0.2) is 0 Å². The molecule has 0 bridgehead atoms. The molecular weight excluding hydrogens is 308 g/mol. The van der Waals surface area contributed by atoms with Crippen molar-refractivity contribution in [2.75, 3.05) is 11.5 Å². The van der Waals surface area contributed by atoms with Crippen LogP contribution in [0.15, 0.2) is 12.1 Å². The molecule has 2 fully saturated rings. The Morgan fingerprint density at radius 2 is 1.95 bits per heavy atom. The summed E-state index contributed by atoms with van der Waals surface area (Å²) in [6.45, 7) is 3.92. The number of carbonyl (C=O) groups is 1. The normalized spacial score (nSPS) is 30.0. The maximum atomic E-state index is 12.5. The highest BCUT2D eigenvalue weighted by Gasteiger charge is 2.43. The third kappa shape index (κ3) is 2.86. The van der Waals surface area contributed by atoms with Gasteiger partial charge in [-0.25, -0.2) is 8.42 Å². The van der Waals surface area contributed by atoms with E-state index in [9.17, 15) is 13.2 Å². The van der Waals surface area contributed by atoms with Gasteiger partial charge in [-0.05, 0) is 38.8 Å². The predicted octanol–water partition coefficient (Wildman–Crippen LogP) is 1.45. The second kappa shape index (κ2) is 5.37. The molecule has 0 radical (unpaired) electrons. The number of amides is 1. The number of carbonyl (C=O) groups excluding carboxylic acids is 1. The number of nitrogens with one attached hydrogen (secondary N) is 1. The molecule has 0 aromatic carbocycles. The van der Waals surface area contributed by atoms with E-state index in [4.69, 9.17) is 0 Å². The zero-order valence-corrected chi connectivity index (χ0v) is 13.8. The van der Waals surface area contributed by atoms with Crippen LogP contribution in [-0.2, 0) is 14.6 Å². The van der Waals surface area contributed by atoms with Gasteiger partial charge in [0, 0.05) is 15.8 Å². The zero-order chi connectivity index (χ0) is 15.2. The van der Waals surface area contributed by atoms with Crippen molar-refractivity contribution in [3.8, 4) is 0 Å². The molecule has 2 unspecified atom stereocenters. The Morgan fingerprint density at radius 1 is 1.29 bits per heavy atom. The first-order valence-corrected chi connectivity index (χ1v) is 9.86. The maximum Gasteiger partial charge on any atom is 0.241 e. The molecule has 116 valence electrons. The van der Waals surface area contributed by atoms with Crippen LogP contribution >= 0.6 is 11.3 Å². The highest BCUT2D eigenvalue weighted by molar-refractivity contribution is 7.91. The van der Waals surface area contributed by atoms with Crippen LogP contribution in [0.2, 0.25) is 0 Å². The van der Waals surface area contributed by atoms with Gasteiger partial charge in [0.05, 0.1) is 17.5 Å². The molecule has 3 heterocycles. The summed E-state index contributed by atoms with van der Waals surface area (Å²) in [4.78, 5) is 16.7. The summed E-state index contributed by atoms with van der Waals surface area (Å²) in [5, 5.41) is 3.34. The highest BCUT2D eigenvalue weighted by atomic mass is 32.2. The van der Waals surface area contributed by atoms with E-state index < -0.39 is 9.84 Å². The minimum absolute atomic E-state index is 0.0193. The number of nitrogens with zero attached hydrogens (tertiary/aromatic N) is 1. The van der Waals surface area contributed by atoms with Crippen molar-refractivity contribution in [3.05, 3.63) is 21.9 Å². The SMILES string of the molecule is Cc1ccc(C2NC(C)C(=O)N2C2CCS(=O)(=O)CC2)s1. The molecule has 0 aliphatic carbocycles. The lowest BCUT2D eigenvalue weighted by molar-refractivity contribution is -0.132. The van der Waals surface area contributed by atoms with E-state index in [-0.39, 0.29) is 35.7 Å². The van der Waals surface area contributed by atoms with E-state index in [1.807, 2.05) is 18.7 Å². The van der Waals surface area contributed by atoms with Gasteiger partial charge in [-0.2, -0.15) is 0 Å². The second-order valence-electron chi connectivity index (χ2n) is 5.87. The molecule has 2 aliphatic heterocycles. The molecule has 2 atom stereocenters. The first kappa shape index (κ1) is 15.0. The lowest BCUT2D eigenvalue weighted by Gasteiger charge is -2.34. The lowest BCUT2D eigenvalue weighted by Crippen LogP contribution is -2.44. The van der Waals surface area contributed by atoms with Gasteiger partial charge in [-0.1, -0.05) is 0 Å².